The highest BCUT2D eigenvalue weighted by Crippen LogP contribution is 2.20. The number of ether oxygens (including phenoxy) is 1. The van der Waals surface area contributed by atoms with Gasteiger partial charge in [0.1, 0.15) is 5.75 Å². The second-order valence-electron chi connectivity index (χ2n) is 5.76. The maximum atomic E-state index is 12.4. The molecule has 0 aliphatic heterocycles. The number of rotatable bonds is 6. The van der Waals surface area contributed by atoms with Crippen LogP contribution in [-0.2, 0) is 16.6 Å². The third kappa shape index (κ3) is 4.18. The molecule has 0 bridgehead atoms. The second kappa shape index (κ2) is 7.67. The summed E-state index contributed by atoms with van der Waals surface area (Å²) in [7, 11) is 0.883. The van der Waals surface area contributed by atoms with Gasteiger partial charge in [-0.25, -0.2) is 12.7 Å². The lowest BCUT2D eigenvalue weighted by Crippen LogP contribution is -2.25. The van der Waals surface area contributed by atoms with Gasteiger partial charge in [-0.1, -0.05) is 24.3 Å². The monoisotopic (exact) mass is 362 g/mol. The average molecular weight is 362 g/mol. The molecule has 0 aliphatic carbocycles. The van der Waals surface area contributed by atoms with E-state index in [0.717, 1.165) is 9.87 Å². The van der Waals surface area contributed by atoms with Gasteiger partial charge < -0.3 is 10.1 Å². The molecule has 1 N–H and O–H groups in total. The zero-order valence-corrected chi connectivity index (χ0v) is 15.6. The van der Waals surface area contributed by atoms with E-state index < -0.39 is 10.0 Å². The van der Waals surface area contributed by atoms with Crippen molar-refractivity contribution in [3.05, 3.63) is 59.2 Å². The van der Waals surface area contributed by atoms with Crippen molar-refractivity contribution in [2.45, 2.75) is 18.4 Å². The number of para-hydroxylation sites is 1. The number of aryl methyl sites for hydroxylation is 1. The first kappa shape index (κ1) is 19.0. The van der Waals surface area contributed by atoms with Gasteiger partial charge in [0.25, 0.3) is 5.91 Å². The van der Waals surface area contributed by atoms with E-state index in [4.69, 9.17) is 4.74 Å². The molecule has 1 amide bonds. The highest BCUT2D eigenvalue weighted by molar-refractivity contribution is 7.89. The first-order valence-electron chi connectivity index (χ1n) is 7.70. The number of methoxy groups -OCH3 is 1. The van der Waals surface area contributed by atoms with Crippen molar-refractivity contribution in [2.75, 3.05) is 21.2 Å². The Kier molecular flexibility index (Phi) is 5.81. The minimum absolute atomic E-state index is 0.127. The maximum absolute atomic E-state index is 12.4. The number of carbonyl (C=O) groups is 1. The molecule has 0 aliphatic rings. The van der Waals surface area contributed by atoms with Crippen LogP contribution in [0.4, 0.5) is 0 Å². The van der Waals surface area contributed by atoms with Gasteiger partial charge in [-0.3, -0.25) is 4.79 Å². The van der Waals surface area contributed by atoms with Crippen LogP contribution < -0.4 is 10.1 Å². The van der Waals surface area contributed by atoms with Gasteiger partial charge in [-0.15, -0.1) is 0 Å². The maximum Gasteiger partial charge on any atom is 0.251 e. The Morgan fingerprint density at radius 3 is 2.48 bits per heavy atom. The van der Waals surface area contributed by atoms with E-state index in [1.54, 1.807) is 26.2 Å². The fourth-order valence-electron chi connectivity index (χ4n) is 2.34. The zero-order valence-electron chi connectivity index (χ0n) is 14.7. The molecule has 0 heterocycles. The molecule has 0 unspecified atom stereocenters. The first-order chi connectivity index (χ1) is 11.8. The van der Waals surface area contributed by atoms with Gasteiger partial charge in [0.15, 0.2) is 0 Å². The summed E-state index contributed by atoms with van der Waals surface area (Å²) in [4.78, 5) is 12.5. The molecule has 0 aromatic heterocycles. The Labute approximate surface area is 148 Å². The number of carbonyl (C=O) groups excluding carboxylic acids is 1. The third-order valence-corrected chi connectivity index (χ3v) is 5.80. The van der Waals surface area contributed by atoms with Gasteiger partial charge in [-0.05, 0) is 30.7 Å². The van der Waals surface area contributed by atoms with Crippen molar-refractivity contribution in [1.29, 1.82) is 0 Å². The van der Waals surface area contributed by atoms with E-state index in [2.05, 4.69) is 5.32 Å². The molecular formula is C18H22N2O4S. The van der Waals surface area contributed by atoms with E-state index >= 15 is 0 Å². The quantitative estimate of drug-likeness (QED) is 0.855. The summed E-state index contributed by atoms with van der Waals surface area (Å²) in [5.74, 6) is 0.337. The van der Waals surface area contributed by atoms with E-state index in [-0.39, 0.29) is 17.3 Å². The Morgan fingerprint density at radius 1 is 1.16 bits per heavy atom. The van der Waals surface area contributed by atoms with Crippen LogP contribution in [0.15, 0.2) is 47.4 Å². The largest absolute Gasteiger partial charge is 0.496 e. The SMILES string of the molecule is COc1ccccc1CNC(=O)c1ccc(C)c(S(=O)(=O)N(C)C)c1. The number of hydrogen-bond donors (Lipinski definition) is 1. The fourth-order valence-corrected chi connectivity index (χ4v) is 3.49. The molecule has 0 fully saturated rings. The van der Waals surface area contributed by atoms with Crippen LogP contribution in [0.5, 0.6) is 5.75 Å². The molecule has 2 rings (SSSR count). The minimum atomic E-state index is -3.61. The van der Waals surface area contributed by atoms with Crippen LogP contribution in [0.2, 0.25) is 0 Å². The number of nitrogens with zero attached hydrogens (tertiary/aromatic N) is 1. The van der Waals surface area contributed by atoms with Crippen molar-refractivity contribution < 1.29 is 17.9 Å². The standard InChI is InChI=1S/C18H22N2O4S/c1-13-9-10-14(11-17(13)25(22,23)20(2)3)18(21)19-12-15-7-5-6-8-16(15)24-4/h5-11H,12H2,1-4H3,(H,19,21). The fraction of sp³-hybridized carbons (Fsp3) is 0.278. The molecule has 6 nitrogen and oxygen atoms in total. The Balaban J connectivity index is 2.23. The lowest BCUT2D eigenvalue weighted by atomic mass is 10.1. The predicted molar refractivity (Wildman–Crippen MR) is 96.2 cm³/mol. The number of benzene rings is 2. The number of amides is 1. The minimum Gasteiger partial charge on any atom is -0.496 e. The van der Waals surface area contributed by atoms with Crippen molar-refractivity contribution in [3.8, 4) is 5.75 Å². The van der Waals surface area contributed by atoms with Crippen molar-refractivity contribution >= 4 is 15.9 Å². The van der Waals surface area contributed by atoms with Crippen molar-refractivity contribution in [2.24, 2.45) is 0 Å². The van der Waals surface area contributed by atoms with Crippen LogP contribution in [0, 0.1) is 6.92 Å². The zero-order chi connectivity index (χ0) is 18.6. The Bertz CT molecular complexity index is 876. The second-order valence-corrected chi connectivity index (χ2v) is 7.88. The third-order valence-electron chi connectivity index (χ3n) is 3.84. The molecular weight excluding hydrogens is 340 g/mol. The van der Waals surface area contributed by atoms with Crippen LogP contribution >= 0.6 is 0 Å². The van der Waals surface area contributed by atoms with Crippen LogP contribution in [0.3, 0.4) is 0 Å². The van der Waals surface area contributed by atoms with Crippen LogP contribution in [0.25, 0.3) is 0 Å². The molecule has 0 saturated heterocycles. The summed E-state index contributed by atoms with van der Waals surface area (Å²) in [6.07, 6.45) is 0. The average Bonchev–Trinajstić information content (AvgIpc) is 2.59. The van der Waals surface area contributed by atoms with Gasteiger partial charge in [0, 0.05) is 31.8 Å². The molecule has 0 atom stereocenters. The van der Waals surface area contributed by atoms with E-state index in [0.29, 0.717) is 16.9 Å². The van der Waals surface area contributed by atoms with Crippen LogP contribution in [0.1, 0.15) is 21.5 Å². The van der Waals surface area contributed by atoms with Crippen molar-refractivity contribution in [1.82, 2.24) is 9.62 Å². The molecule has 0 radical (unpaired) electrons. The summed E-state index contributed by atoms with van der Waals surface area (Å²) in [5, 5.41) is 2.79. The summed E-state index contributed by atoms with van der Waals surface area (Å²) in [6, 6.07) is 12.0. The lowest BCUT2D eigenvalue weighted by molar-refractivity contribution is 0.0950. The van der Waals surface area contributed by atoms with Crippen molar-refractivity contribution in [3.63, 3.8) is 0 Å². The number of sulfonamides is 1. The molecule has 134 valence electrons. The Hall–Kier alpha value is -2.38. The molecule has 0 spiro atoms. The highest BCUT2D eigenvalue weighted by Gasteiger charge is 2.21. The summed E-state index contributed by atoms with van der Waals surface area (Å²) in [6.45, 7) is 1.99. The summed E-state index contributed by atoms with van der Waals surface area (Å²) < 4.78 is 31.1. The summed E-state index contributed by atoms with van der Waals surface area (Å²) in [5.41, 5.74) is 1.72. The number of nitrogens with one attached hydrogen (secondary N) is 1. The summed E-state index contributed by atoms with van der Waals surface area (Å²) >= 11 is 0. The Morgan fingerprint density at radius 2 is 1.84 bits per heavy atom. The van der Waals surface area contributed by atoms with Gasteiger partial charge in [0.2, 0.25) is 10.0 Å². The molecule has 0 saturated carbocycles. The molecule has 7 heteroatoms. The smallest absolute Gasteiger partial charge is 0.251 e. The molecule has 2 aromatic rings. The number of hydrogen-bond acceptors (Lipinski definition) is 4. The highest BCUT2D eigenvalue weighted by atomic mass is 32.2. The van der Waals surface area contributed by atoms with Gasteiger partial charge in [-0.2, -0.15) is 0 Å². The van der Waals surface area contributed by atoms with E-state index in [1.165, 1.54) is 20.2 Å². The normalized spacial score (nSPS) is 11.4. The van der Waals surface area contributed by atoms with E-state index in [9.17, 15) is 13.2 Å². The van der Waals surface area contributed by atoms with Gasteiger partial charge >= 0.3 is 0 Å². The first-order valence-corrected chi connectivity index (χ1v) is 9.14. The molecule has 25 heavy (non-hydrogen) atoms. The topological polar surface area (TPSA) is 75.7 Å². The predicted octanol–water partition coefficient (Wildman–Crippen LogP) is 2.18. The lowest BCUT2D eigenvalue weighted by Gasteiger charge is -2.15. The molecule has 2 aromatic carbocycles. The van der Waals surface area contributed by atoms with Gasteiger partial charge in [0.05, 0.1) is 12.0 Å². The van der Waals surface area contributed by atoms with E-state index in [1.807, 2.05) is 24.3 Å². The van der Waals surface area contributed by atoms with Crippen LogP contribution in [-0.4, -0.2) is 39.8 Å².